The van der Waals surface area contributed by atoms with Crippen LogP contribution in [-0.4, -0.2) is 17.8 Å². The van der Waals surface area contributed by atoms with Gasteiger partial charge >= 0.3 is 6.18 Å². The second-order valence-corrected chi connectivity index (χ2v) is 4.59. The van der Waals surface area contributed by atoms with Crippen LogP contribution in [0.5, 0.6) is 0 Å². The van der Waals surface area contributed by atoms with Crippen molar-refractivity contribution in [3.05, 3.63) is 35.4 Å². The maximum absolute atomic E-state index is 12.6. The van der Waals surface area contributed by atoms with Gasteiger partial charge in [-0.15, -0.1) is 0 Å². The van der Waals surface area contributed by atoms with E-state index in [0.717, 1.165) is 12.1 Å². The van der Waals surface area contributed by atoms with Crippen LogP contribution in [0.25, 0.3) is 0 Å². The van der Waals surface area contributed by atoms with Crippen LogP contribution in [0.1, 0.15) is 25.0 Å². The van der Waals surface area contributed by atoms with Crippen molar-refractivity contribution in [2.24, 2.45) is 5.73 Å². The van der Waals surface area contributed by atoms with Crippen molar-refractivity contribution >= 4 is 0 Å². The van der Waals surface area contributed by atoms with Crippen molar-refractivity contribution in [1.82, 2.24) is 0 Å². The summed E-state index contributed by atoms with van der Waals surface area (Å²) < 4.78 is 37.7. The van der Waals surface area contributed by atoms with E-state index in [2.05, 4.69) is 0 Å². The van der Waals surface area contributed by atoms with Crippen LogP contribution in [0.3, 0.4) is 0 Å². The van der Waals surface area contributed by atoms with Crippen LogP contribution in [0.2, 0.25) is 0 Å². The first kappa shape index (κ1) is 14.0. The van der Waals surface area contributed by atoms with Crippen LogP contribution >= 0.6 is 0 Å². The molecule has 96 valence electrons. The lowest BCUT2D eigenvalue weighted by molar-refractivity contribution is -0.137. The second kappa shape index (κ2) is 4.66. The molecule has 0 heterocycles. The summed E-state index contributed by atoms with van der Waals surface area (Å²) in [5, 5.41) is 9.01. The molecule has 5 heteroatoms. The Labute approximate surface area is 98.3 Å². The summed E-state index contributed by atoms with van der Waals surface area (Å²) in [4.78, 5) is 0. The first-order valence-corrected chi connectivity index (χ1v) is 5.23. The topological polar surface area (TPSA) is 46.2 Å². The standard InChI is InChI=1S/C12H16F3NO/c1-11(2,10(16)7-17)8-4-3-5-9(6-8)12(13,14)15/h3-6,10,17H,7,16H2,1-2H3. The van der Waals surface area contributed by atoms with Crippen LogP contribution in [0.4, 0.5) is 13.2 Å². The van der Waals surface area contributed by atoms with Gasteiger partial charge in [-0.1, -0.05) is 32.0 Å². The molecule has 0 aliphatic rings. The Bertz CT molecular complexity index is 388. The van der Waals surface area contributed by atoms with Gasteiger partial charge in [-0.3, -0.25) is 0 Å². The zero-order valence-corrected chi connectivity index (χ0v) is 9.75. The van der Waals surface area contributed by atoms with Crippen LogP contribution < -0.4 is 5.73 Å². The molecule has 3 N–H and O–H groups in total. The molecule has 0 saturated carbocycles. The summed E-state index contributed by atoms with van der Waals surface area (Å²) in [5.41, 5.74) is 4.76. The fourth-order valence-electron chi connectivity index (χ4n) is 1.54. The lowest BCUT2D eigenvalue weighted by Gasteiger charge is -2.31. The molecule has 0 radical (unpaired) electrons. The summed E-state index contributed by atoms with van der Waals surface area (Å²) in [6.07, 6.45) is -4.37. The van der Waals surface area contributed by atoms with Crippen molar-refractivity contribution in [3.8, 4) is 0 Å². The lowest BCUT2D eigenvalue weighted by atomic mass is 9.78. The number of rotatable bonds is 3. The quantitative estimate of drug-likeness (QED) is 0.861. The molecule has 0 aliphatic carbocycles. The number of nitrogens with two attached hydrogens (primary N) is 1. The van der Waals surface area contributed by atoms with Crippen LogP contribution in [0, 0.1) is 0 Å². The summed E-state index contributed by atoms with van der Waals surface area (Å²) in [6, 6.07) is 4.43. The zero-order valence-electron chi connectivity index (χ0n) is 9.75. The Morgan fingerprint density at radius 2 is 1.76 bits per heavy atom. The molecule has 1 atom stereocenters. The van der Waals surface area contributed by atoms with E-state index < -0.39 is 23.2 Å². The SMILES string of the molecule is CC(C)(c1cccc(C(F)(F)F)c1)C(N)CO. The molecule has 0 bridgehead atoms. The molecule has 1 aromatic carbocycles. The number of hydrogen-bond donors (Lipinski definition) is 2. The van der Waals surface area contributed by atoms with E-state index in [1.165, 1.54) is 6.07 Å². The molecule has 0 aromatic heterocycles. The maximum atomic E-state index is 12.6. The highest BCUT2D eigenvalue weighted by Gasteiger charge is 2.33. The Balaban J connectivity index is 3.16. The average Bonchev–Trinajstić information content (AvgIpc) is 2.27. The summed E-state index contributed by atoms with van der Waals surface area (Å²) in [5.74, 6) is 0. The van der Waals surface area contributed by atoms with Crippen molar-refractivity contribution in [3.63, 3.8) is 0 Å². The molecule has 0 saturated heterocycles. The van der Waals surface area contributed by atoms with Gasteiger partial charge in [-0.2, -0.15) is 13.2 Å². The van der Waals surface area contributed by atoms with Gasteiger partial charge in [0.25, 0.3) is 0 Å². The fraction of sp³-hybridized carbons (Fsp3) is 0.500. The molecule has 1 rings (SSSR count). The first-order chi connectivity index (χ1) is 7.69. The number of benzene rings is 1. The predicted molar refractivity (Wildman–Crippen MR) is 59.5 cm³/mol. The van der Waals surface area contributed by atoms with E-state index >= 15 is 0 Å². The number of halogens is 3. The first-order valence-electron chi connectivity index (χ1n) is 5.23. The monoisotopic (exact) mass is 247 g/mol. The van der Waals surface area contributed by atoms with Gasteiger partial charge in [0.2, 0.25) is 0 Å². The molecule has 17 heavy (non-hydrogen) atoms. The minimum Gasteiger partial charge on any atom is -0.395 e. The van der Waals surface area contributed by atoms with Crippen LogP contribution in [0.15, 0.2) is 24.3 Å². The number of aliphatic hydroxyl groups is 1. The largest absolute Gasteiger partial charge is 0.416 e. The maximum Gasteiger partial charge on any atom is 0.416 e. The summed E-state index contributed by atoms with van der Waals surface area (Å²) in [7, 11) is 0. The van der Waals surface area contributed by atoms with Gasteiger partial charge in [0, 0.05) is 11.5 Å². The Morgan fingerprint density at radius 1 is 1.24 bits per heavy atom. The number of aliphatic hydroxyl groups excluding tert-OH is 1. The predicted octanol–water partition coefficient (Wildman–Crippen LogP) is 2.30. The molecule has 1 unspecified atom stereocenters. The highest BCUT2D eigenvalue weighted by atomic mass is 19.4. The molecule has 0 aliphatic heterocycles. The van der Waals surface area contributed by atoms with E-state index in [-0.39, 0.29) is 6.61 Å². The van der Waals surface area contributed by atoms with Gasteiger partial charge in [0.05, 0.1) is 12.2 Å². The zero-order chi connectivity index (χ0) is 13.3. The third kappa shape index (κ3) is 2.98. The van der Waals surface area contributed by atoms with E-state index in [1.54, 1.807) is 19.9 Å². The van der Waals surface area contributed by atoms with Gasteiger partial charge in [0.15, 0.2) is 0 Å². The van der Waals surface area contributed by atoms with Gasteiger partial charge < -0.3 is 10.8 Å². The van der Waals surface area contributed by atoms with Crippen molar-refractivity contribution in [1.29, 1.82) is 0 Å². The van der Waals surface area contributed by atoms with E-state index in [1.807, 2.05) is 0 Å². The molecule has 0 spiro atoms. The average molecular weight is 247 g/mol. The van der Waals surface area contributed by atoms with Gasteiger partial charge in [0.1, 0.15) is 0 Å². The molecular weight excluding hydrogens is 231 g/mol. The van der Waals surface area contributed by atoms with Gasteiger partial charge in [-0.05, 0) is 11.6 Å². The fourth-order valence-corrected chi connectivity index (χ4v) is 1.54. The molecule has 0 fully saturated rings. The third-order valence-corrected chi connectivity index (χ3v) is 3.06. The van der Waals surface area contributed by atoms with Gasteiger partial charge in [-0.25, -0.2) is 0 Å². The molecule has 1 aromatic rings. The lowest BCUT2D eigenvalue weighted by Crippen LogP contribution is -2.43. The highest BCUT2D eigenvalue weighted by molar-refractivity contribution is 5.32. The summed E-state index contributed by atoms with van der Waals surface area (Å²) in [6.45, 7) is 3.15. The van der Waals surface area contributed by atoms with Crippen LogP contribution in [-0.2, 0) is 11.6 Å². The molecule has 0 amide bonds. The Hall–Kier alpha value is -1.07. The third-order valence-electron chi connectivity index (χ3n) is 3.06. The van der Waals surface area contributed by atoms with Crippen molar-refractivity contribution in [2.45, 2.75) is 31.5 Å². The Kier molecular flexibility index (Phi) is 3.84. The second-order valence-electron chi connectivity index (χ2n) is 4.59. The number of hydrogen-bond acceptors (Lipinski definition) is 2. The normalized spacial score (nSPS) is 14.8. The van der Waals surface area contributed by atoms with E-state index in [4.69, 9.17) is 10.8 Å². The Morgan fingerprint density at radius 3 is 2.24 bits per heavy atom. The van der Waals surface area contributed by atoms with E-state index in [0.29, 0.717) is 5.56 Å². The van der Waals surface area contributed by atoms with Crippen molar-refractivity contribution < 1.29 is 18.3 Å². The minimum absolute atomic E-state index is 0.275. The molecule has 2 nitrogen and oxygen atoms in total. The molecular formula is C12H16F3NO. The van der Waals surface area contributed by atoms with Crippen molar-refractivity contribution in [2.75, 3.05) is 6.61 Å². The number of alkyl halides is 3. The smallest absolute Gasteiger partial charge is 0.395 e. The summed E-state index contributed by atoms with van der Waals surface area (Å²) >= 11 is 0. The highest BCUT2D eigenvalue weighted by Crippen LogP contribution is 2.33. The van der Waals surface area contributed by atoms with E-state index in [9.17, 15) is 13.2 Å². The minimum atomic E-state index is -4.37.